The van der Waals surface area contributed by atoms with Crippen molar-refractivity contribution < 1.29 is 9.13 Å². The topological polar surface area (TPSA) is 12.5 Å². The number of hydrogen-bond donors (Lipinski definition) is 0. The van der Waals surface area contributed by atoms with E-state index in [1.54, 1.807) is 0 Å². The third-order valence-electron chi connectivity index (χ3n) is 2.07. The molecule has 1 rings (SSSR count). The molecule has 1 fully saturated rings. The second-order valence-electron chi connectivity index (χ2n) is 3.61. The van der Waals surface area contributed by atoms with Crippen molar-refractivity contribution in [3.8, 4) is 0 Å². The zero-order valence-electron chi connectivity index (χ0n) is 7.92. The Hall–Kier alpha value is -0.150. The highest BCUT2D eigenvalue weighted by molar-refractivity contribution is 4.74. The maximum Gasteiger partial charge on any atom is 0.114 e. The van der Waals surface area contributed by atoms with E-state index in [4.69, 9.17) is 4.74 Å². The van der Waals surface area contributed by atoms with E-state index in [9.17, 15) is 4.39 Å². The lowest BCUT2D eigenvalue weighted by Crippen LogP contribution is -2.26. The average molecular weight is 175 g/mol. The lowest BCUT2D eigenvalue weighted by Gasteiger charge is -2.15. The maximum absolute atomic E-state index is 12.7. The molecule has 0 amide bonds. The molecule has 0 N–H and O–H groups in total. The predicted molar refractivity (Wildman–Crippen MR) is 47.0 cm³/mol. The lowest BCUT2D eigenvalue weighted by atomic mass is 10.3. The monoisotopic (exact) mass is 175 g/mol. The fraction of sp³-hybridized carbons (Fsp3) is 1.00. The third kappa shape index (κ3) is 3.50. The zero-order valence-corrected chi connectivity index (χ0v) is 7.92. The van der Waals surface area contributed by atoms with Crippen molar-refractivity contribution in [1.82, 2.24) is 4.90 Å². The minimum absolute atomic E-state index is 0.286. The predicted octanol–water partition coefficient (Wildman–Crippen LogP) is 1.46. The summed E-state index contributed by atoms with van der Waals surface area (Å²) in [4.78, 5) is 2.12. The molecule has 0 aromatic carbocycles. The molecule has 1 heterocycles. The first-order chi connectivity index (χ1) is 5.68. The summed E-state index contributed by atoms with van der Waals surface area (Å²) in [5.41, 5.74) is 0. The minimum atomic E-state index is -0.607. The summed E-state index contributed by atoms with van der Waals surface area (Å²) in [6, 6.07) is 0. The molecular formula is C9H18FNO. The van der Waals surface area contributed by atoms with E-state index in [-0.39, 0.29) is 6.10 Å². The van der Waals surface area contributed by atoms with Crippen LogP contribution in [0, 0.1) is 0 Å². The van der Waals surface area contributed by atoms with E-state index >= 15 is 0 Å². The standard InChI is InChI=1S/C9H18FNO/c1-8(2)12-6-5-11-4-3-9(10)7-11/h8-9H,3-7H2,1-2H3/t9-/m1/s1. The largest absolute Gasteiger partial charge is 0.377 e. The van der Waals surface area contributed by atoms with Crippen LogP contribution in [0.25, 0.3) is 0 Å². The highest BCUT2D eigenvalue weighted by Crippen LogP contribution is 2.11. The fourth-order valence-electron chi connectivity index (χ4n) is 1.41. The Morgan fingerprint density at radius 3 is 2.83 bits per heavy atom. The van der Waals surface area contributed by atoms with Crippen molar-refractivity contribution in [3.63, 3.8) is 0 Å². The van der Waals surface area contributed by atoms with Gasteiger partial charge in [0, 0.05) is 19.6 Å². The first-order valence-corrected chi connectivity index (χ1v) is 4.66. The molecule has 0 saturated carbocycles. The summed E-state index contributed by atoms with van der Waals surface area (Å²) in [7, 11) is 0. The smallest absolute Gasteiger partial charge is 0.114 e. The summed E-state index contributed by atoms with van der Waals surface area (Å²) < 4.78 is 18.1. The molecule has 0 aromatic rings. The van der Waals surface area contributed by atoms with E-state index in [0.29, 0.717) is 13.0 Å². The third-order valence-corrected chi connectivity index (χ3v) is 2.07. The highest BCUT2D eigenvalue weighted by atomic mass is 19.1. The second kappa shape index (κ2) is 4.77. The Bertz CT molecular complexity index is 130. The van der Waals surface area contributed by atoms with Crippen LogP contribution < -0.4 is 0 Å². The van der Waals surface area contributed by atoms with Gasteiger partial charge in [0.2, 0.25) is 0 Å². The van der Waals surface area contributed by atoms with Crippen molar-refractivity contribution in [3.05, 3.63) is 0 Å². The van der Waals surface area contributed by atoms with Crippen LogP contribution in [0.4, 0.5) is 4.39 Å². The van der Waals surface area contributed by atoms with Gasteiger partial charge in [-0.3, -0.25) is 4.90 Å². The molecule has 0 aliphatic carbocycles. The number of hydrogen-bond acceptors (Lipinski definition) is 2. The molecule has 12 heavy (non-hydrogen) atoms. The minimum Gasteiger partial charge on any atom is -0.377 e. The van der Waals surface area contributed by atoms with Crippen LogP contribution in [0.1, 0.15) is 20.3 Å². The molecule has 0 unspecified atom stereocenters. The van der Waals surface area contributed by atoms with Crippen LogP contribution in [0.2, 0.25) is 0 Å². The summed E-state index contributed by atoms with van der Waals surface area (Å²) >= 11 is 0. The van der Waals surface area contributed by atoms with Gasteiger partial charge in [0.15, 0.2) is 0 Å². The summed E-state index contributed by atoms with van der Waals surface area (Å²) in [6.45, 7) is 7.12. The lowest BCUT2D eigenvalue weighted by molar-refractivity contribution is 0.0625. The summed E-state index contributed by atoms with van der Waals surface area (Å²) in [6.07, 6.45) is 0.375. The van der Waals surface area contributed by atoms with Crippen molar-refractivity contribution in [2.75, 3.05) is 26.2 Å². The number of ether oxygens (including phenoxy) is 1. The van der Waals surface area contributed by atoms with Crippen LogP contribution in [-0.4, -0.2) is 43.4 Å². The molecular weight excluding hydrogens is 157 g/mol. The van der Waals surface area contributed by atoms with E-state index in [1.807, 2.05) is 13.8 Å². The number of rotatable bonds is 4. The molecule has 0 bridgehead atoms. The highest BCUT2D eigenvalue weighted by Gasteiger charge is 2.20. The molecule has 0 aromatic heterocycles. The Kier molecular flexibility index (Phi) is 3.95. The number of halogens is 1. The zero-order chi connectivity index (χ0) is 8.97. The Labute approximate surface area is 73.7 Å². The van der Waals surface area contributed by atoms with Gasteiger partial charge >= 0.3 is 0 Å². The van der Waals surface area contributed by atoms with E-state index < -0.39 is 6.17 Å². The van der Waals surface area contributed by atoms with Gasteiger partial charge in [-0.2, -0.15) is 0 Å². The maximum atomic E-state index is 12.7. The van der Waals surface area contributed by atoms with Gasteiger partial charge in [-0.15, -0.1) is 0 Å². The molecule has 0 radical (unpaired) electrons. The summed E-state index contributed by atoms with van der Waals surface area (Å²) in [5.74, 6) is 0. The van der Waals surface area contributed by atoms with Crippen molar-refractivity contribution in [2.45, 2.75) is 32.5 Å². The number of alkyl halides is 1. The number of nitrogens with zero attached hydrogens (tertiary/aromatic N) is 1. The van der Waals surface area contributed by atoms with Gasteiger partial charge in [-0.25, -0.2) is 4.39 Å². The second-order valence-corrected chi connectivity index (χ2v) is 3.61. The molecule has 72 valence electrons. The van der Waals surface area contributed by atoms with Gasteiger partial charge in [0.1, 0.15) is 6.17 Å². The average Bonchev–Trinajstić information content (AvgIpc) is 2.35. The summed E-state index contributed by atoms with van der Waals surface area (Å²) in [5, 5.41) is 0. The molecule has 1 aliphatic heterocycles. The van der Waals surface area contributed by atoms with Crippen LogP contribution in [0.15, 0.2) is 0 Å². The van der Waals surface area contributed by atoms with Gasteiger partial charge in [0.25, 0.3) is 0 Å². The molecule has 1 aliphatic rings. The van der Waals surface area contributed by atoms with Crippen molar-refractivity contribution in [2.24, 2.45) is 0 Å². The van der Waals surface area contributed by atoms with Crippen LogP contribution in [0.5, 0.6) is 0 Å². The van der Waals surface area contributed by atoms with Crippen molar-refractivity contribution >= 4 is 0 Å². The molecule has 2 nitrogen and oxygen atoms in total. The van der Waals surface area contributed by atoms with Crippen LogP contribution in [0.3, 0.4) is 0 Å². The van der Waals surface area contributed by atoms with Gasteiger partial charge in [0.05, 0.1) is 12.7 Å². The van der Waals surface area contributed by atoms with Crippen LogP contribution in [-0.2, 0) is 4.74 Å². The Balaban J connectivity index is 2.00. The quantitative estimate of drug-likeness (QED) is 0.641. The van der Waals surface area contributed by atoms with E-state index in [1.165, 1.54) is 0 Å². The Morgan fingerprint density at radius 1 is 1.58 bits per heavy atom. The first kappa shape index (κ1) is 9.93. The molecule has 1 atom stereocenters. The van der Waals surface area contributed by atoms with Crippen LogP contribution >= 0.6 is 0 Å². The van der Waals surface area contributed by atoms with Gasteiger partial charge < -0.3 is 4.74 Å². The molecule has 0 spiro atoms. The SMILES string of the molecule is CC(C)OCCN1CC[C@@H](F)C1. The van der Waals surface area contributed by atoms with E-state index in [0.717, 1.165) is 19.7 Å². The van der Waals surface area contributed by atoms with E-state index in [2.05, 4.69) is 4.90 Å². The Morgan fingerprint density at radius 2 is 2.33 bits per heavy atom. The van der Waals surface area contributed by atoms with Gasteiger partial charge in [-0.05, 0) is 20.3 Å². The van der Waals surface area contributed by atoms with Gasteiger partial charge in [-0.1, -0.05) is 0 Å². The molecule has 1 saturated heterocycles. The number of likely N-dealkylation sites (tertiary alicyclic amines) is 1. The molecule has 3 heteroatoms. The fourth-order valence-corrected chi connectivity index (χ4v) is 1.41. The van der Waals surface area contributed by atoms with Crippen molar-refractivity contribution in [1.29, 1.82) is 0 Å². The normalized spacial score (nSPS) is 25.5. The first-order valence-electron chi connectivity index (χ1n) is 4.66.